The van der Waals surface area contributed by atoms with Gasteiger partial charge >= 0.3 is 5.69 Å². The molecule has 1 aliphatic rings. The number of benzene rings is 1. The highest BCUT2D eigenvalue weighted by atomic mass is 19.1. The summed E-state index contributed by atoms with van der Waals surface area (Å²) in [6, 6.07) is 4.49. The molecule has 0 saturated carbocycles. The van der Waals surface area contributed by atoms with Gasteiger partial charge in [-0.1, -0.05) is 12.1 Å². The fourth-order valence-electron chi connectivity index (χ4n) is 2.81. The van der Waals surface area contributed by atoms with Gasteiger partial charge in [-0.2, -0.15) is 4.39 Å². The Kier molecular flexibility index (Phi) is 4.67. The van der Waals surface area contributed by atoms with Crippen LogP contribution in [0.1, 0.15) is 31.7 Å². The van der Waals surface area contributed by atoms with E-state index in [1.165, 1.54) is 12.1 Å². The van der Waals surface area contributed by atoms with Crippen molar-refractivity contribution in [2.75, 3.05) is 6.54 Å². The molecule has 0 spiro atoms. The summed E-state index contributed by atoms with van der Waals surface area (Å²) in [6.45, 7) is 2.93. The number of likely N-dealkylation sites (tertiary alicyclic amines) is 1. The number of nitro groups is 1. The van der Waals surface area contributed by atoms with Gasteiger partial charge in [-0.3, -0.25) is 15.0 Å². The fraction of sp³-hybridized carbons (Fsp3) is 0.571. The predicted octanol–water partition coefficient (Wildman–Crippen LogP) is 2.47. The number of nitro benzene ring substituents is 1. The lowest BCUT2D eigenvalue weighted by Gasteiger charge is -2.25. The number of aliphatic hydroxyl groups is 1. The topological polar surface area (TPSA) is 66.6 Å². The quantitative estimate of drug-likeness (QED) is 0.665. The molecule has 1 aromatic carbocycles. The molecule has 0 radical (unpaired) electrons. The smallest absolute Gasteiger partial charge is 0.305 e. The van der Waals surface area contributed by atoms with Crippen LogP contribution in [0.2, 0.25) is 0 Å². The first kappa shape index (κ1) is 14.9. The molecule has 5 nitrogen and oxygen atoms in total. The van der Waals surface area contributed by atoms with Gasteiger partial charge in [0.25, 0.3) is 0 Å². The van der Waals surface area contributed by atoms with Crippen LogP contribution in [0.3, 0.4) is 0 Å². The van der Waals surface area contributed by atoms with Crippen LogP contribution in [0.4, 0.5) is 10.1 Å². The molecule has 1 aliphatic heterocycles. The molecular weight excluding hydrogens is 263 g/mol. The van der Waals surface area contributed by atoms with E-state index in [1.807, 2.05) is 0 Å². The fourth-order valence-corrected chi connectivity index (χ4v) is 2.81. The SMILES string of the molecule is CC(O)CC1CCCN1Cc1cccc([N+](=O)[O-])c1F. The number of hydrogen-bond acceptors (Lipinski definition) is 4. The Hall–Kier alpha value is -1.53. The van der Waals surface area contributed by atoms with E-state index in [1.54, 1.807) is 13.0 Å². The molecule has 20 heavy (non-hydrogen) atoms. The van der Waals surface area contributed by atoms with Crippen molar-refractivity contribution in [3.8, 4) is 0 Å². The lowest BCUT2D eigenvalue weighted by Crippen LogP contribution is -2.31. The molecule has 0 bridgehead atoms. The molecule has 0 aliphatic carbocycles. The molecule has 110 valence electrons. The predicted molar refractivity (Wildman–Crippen MR) is 72.8 cm³/mol. The molecule has 6 heteroatoms. The molecular formula is C14H19FN2O3. The molecule has 1 N–H and O–H groups in total. The third-order valence-electron chi connectivity index (χ3n) is 3.74. The zero-order chi connectivity index (χ0) is 14.7. The van der Waals surface area contributed by atoms with Gasteiger partial charge in [0, 0.05) is 24.2 Å². The van der Waals surface area contributed by atoms with Gasteiger partial charge in [0.15, 0.2) is 0 Å². The van der Waals surface area contributed by atoms with Crippen molar-refractivity contribution in [2.24, 2.45) is 0 Å². The minimum Gasteiger partial charge on any atom is -0.393 e. The normalized spacial score (nSPS) is 21.1. The lowest BCUT2D eigenvalue weighted by atomic mass is 10.1. The van der Waals surface area contributed by atoms with E-state index in [2.05, 4.69) is 4.90 Å². The summed E-state index contributed by atoms with van der Waals surface area (Å²) in [5, 5.41) is 20.2. The van der Waals surface area contributed by atoms with Crippen molar-refractivity contribution < 1.29 is 14.4 Å². The summed E-state index contributed by atoms with van der Waals surface area (Å²) in [7, 11) is 0. The van der Waals surface area contributed by atoms with E-state index in [9.17, 15) is 19.6 Å². The summed E-state index contributed by atoms with van der Waals surface area (Å²) in [6.07, 6.45) is 2.24. The van der Waals surface area contributed by atoms with Crippen LogP contribution < -0.4 is 0 Å². The van der Waals surface area contributed by atoms with E-state index in [0.717, 1.165) is 19.4 Å². The minimum absolute atomic E-state index is 0.216. The van der Waals surface area contributed by atoms with Gasteiger partial charge in [-0.15, -0.1) is 0 Å². The minimum atomic E-state index is -0.750. The van der Waals surface area contributed by atoms with Gasteiger partial charge in [0.05, 0.1) is 11.0 Å². The van der Waals surface area contributed by atoms with Gasteiger partial charge in [-0.05, 0) is 32.7 Å². The van der Waals surface area contributed by atoms with Crippen molar-refractivity contribution >= 4 is 5.69 Å². The molecule has 1 fully saturated rings. The Labute approximate surface area is 117 Å². The number of nitrogens with zero attached hydrogens (tertiary/aromatic N) is 2. The van der Waals surface area contributed by atoms with Crippen LogP contribution in [-0.2, 0) is 6.54 Å². The van der Waals surface area contributed by atoms with Crippen LogP contribution in [0.5, 0.6) is 0 Å². The average molecular weight is 282 g/mol. The van der Waals surface area contributed by atoms with Crippen molar-refractivity contribution in [1.82, 2.24) is 4.90 Å². The molecule has 2 atom stereocenters. The molecule has 2 unspecified atom stereocenters. The molecule has 2 rings (SSSR count). The molecule has 1 saturated heterocycles. The summed E-state index contributed by atoms with van der Waals surface area (Å²) in [5.41, 5.74) is -0.134. The van der Waals surface area contributed by atoms with Crippen molar-refractivity contribution in [1.29, 1.82) is 0 Å². The summed E-state index contributed by atoms with van der Waals surface area (Å²) < 4.78 is 14.0. The first-order chi connectivity index (χ1) is 9.49. The van der Waals surface area contributed by atoms with E-state index < -0.39 is 22.5 Å². The van der Waals surface area contributed by atoms with E-state index in [-0.39, 0.29) is 6.04 Å². The molecule has 0 aromatic heterocycles. The maximum absolute atomic E-state index is 14.0. The third kappa shape index (κ3) is 3.32. The third-order valence-corrected chi connectivity index (χ3v) is 3.74. The average Bonchev–Trinajstić information content (AvgIpc) is 2.78. The Morgan fingerprint density at radius 2 is 2.35 bits per heavy atom. The highest BCUT2D eigenvalue weighted by Gasteiger charge is 2.27. The first-order valence-corrected chi connectivity index (χ1v) is 6.83. The van der Waals surface area contributed by atoms with Crippen LogP contribution in [0.25, 0.3) is 0 Å². The second-order valence-corrected chi connectivity index (χ2v) is 5.36. The number of hydrogen-bond donors (Lipinski definition) is 1. The monoisotopic (exact) mass is 282 g/mol. The first-order valence-electron chi connectivity index (χ1n) is 6.83. The standard InChI is InChI=1S/C14H19FN2O3/c1-10(18)8-12-5-3-7-16(12)9-11-4-2-6-13(14(11)15)17(19)20/h2,4,6,10,12,18H,3,5,7-9H2,1H3. The molecule has 1 heterocycles. The zero-order valence-electron chi connectivity index (χ0n) is 11.5. The zero-order valence-corrected chi connectivity index (χ0v) is 11.5. The molecule has 0 amide bonds. The second kappa shape index (κ2) is 6.28. The highest BCUT2D eigenvalue weighted by Crippen LogP contribution is 2.27. The number of aliphatic hydroxyl groups excluding tert-OH is 1. The summed E-state index contributed by atoms with van der Waals surface area (Å²) in [5.74, 6) is -0.750. The van der Waals surface area contributed by atoms with Crippen molar-refractivity contribution in [2.45, 2.75) is 44.9 Å². The van der Waals surface area contributed by atoms with Gasteiger partial charge in [0.1, 0.15) is 0 Å². The largest absolute Gasteiger partial charge is 0.393 e. The van der Waals surface area contributed by atoms with E-state index in [4.69, 9.17) is 0 Å². The van der Waals surface area contributed by atoms with Gasteiger partial charge < -0.3 is 5.11 Å². The molecule has 1 aromatic rings. The van der Waals surface area contributed by atoms with Crippen molar-refractivity contribution in [3.05, 3.63) is 39.7 Å². The maximum atomic E-state index is 14.0. The summed E-state index contributed by atoms with van der Waals surface area (Å²) in [4.78, 5) is 12.1. The highest BCUT2D eigenvalue weighted by molar-refractivity contribution is 5.36. The lowest BCUT2D eigenvalue weighted by molar-refractivity contribution is -0.387. The Balaban J connectivity index is 2.13. The van der Waals surface area contributed by atoms with E-state index >= 15 is 0 Å². The number of halogens is 1. The summed E-state index contributed by atoms with van der Waals surface area (Å²) >= 11 is 0. The number of rotatable bonds is 5. The Morgan fingerprint density at radius 3 is 3.00 bits per heavy atom. The van der Waals surface area contributed by atoms with Crippen LogP contribution in [-0.4, -0.2) is 33.6 Å². The Morgan fingerprint density at radius 1 is 1.60 bits per heavy atom. The Bertz CT molecular complexity index is 493. The van der Waals surface area contributed by atoms with Crippen LogP contribution in [0.15, 0.2) is 18.2 Å². The van der Waals surface area contributed by atoms with Crippen LogP contribution in [0, 0.1) is 15.9 Å². The van der Waals surface area contributed by atoms with Crippen molar-refractivity contribution in [3.63, 3.8) is 0 Å². The van der Waals surface area contributed by atoms with E-state index in [0.29, 0.717) is 18.5 Å². The van der Waals surface area contributed by atoms with Gasteiger partial charge in [-0.25, -0.2) is 0 Å². The second-order valence-electron chi connectivity index (χ2n) is 5.36. The van der Waals surface area contributed by atoms with Gasteiger partial charge in [0.2, 0.25) is 5.82 Å². The maximum Gasteiger partial charge on any atom is 0.305 e. The van der Waals surface area contributed by atoms with Crippen LogP contribution >= 0.6 is 0 Å².